The van der Waals surface area contributed by atoms with Crippen molar-refractivity contribution in [1.82, 2.24) is 10.3 Å². The van der Waals surface area contributed by atoms with Crippen LogP contribution in [-0.4, -0.2) is 23.7 Å². The largest absolute Gasteiger partial charge is 0.392 e. The van der Waals surface area contributed by atoms with Gasteiger partial charge in [-0.2, -0.15) is 0 Å². The van der Waals surface area contributed by atoms with E-state index in [-0.39, 0.29) is 6.61 Å². The molecule has 0 saturated carbocycles. The molecular formula is C11H16N2O. The number of hydrogen-bond donors (Lipinski definition) is 2. The molecule has 1 rings (SSSR count). The highest BCUT2D eigenvalue weighted by Gasteiger charge is 1.91. The first-order chi connectivity index (χ1) is 6.86. The summed E-state index contributed by atoms with van der Waals surface area (Å²) in [5, 5.41) is 12.0. The van der Waals surface area contributed by atoms with Crippen molar-refractivity contribution >= 4 is 6.08 Å². The molecule has 2 N–H and O–H groups in total. The van der Waals surface area contributed by atoms with E-state index in [2.05, 4.69) is 16.4 Å². The highest BCUT2D eigenvalue weighted by atomic mass is 16.3. The zero-order valence-electron chi connectivity index (χ0n) is 8.40. The van der Waals surface area contributed by atoms with Crippen molar-refractivity contribution in [2.45, 2.75) is 13.0 Å². The molecule has 1 heterocycles. The van der Waals surface area contributed by atoms with Crippen molar-refractivity contribution in [2.24, 2.45) is 0 Å². The van der Waals surface area contributed by atoms with Gasteiger partial charge in [0.05, 0.1) is 6.61 Å². The van der Waals surface area contributed by atoms with E-state index in [9.17, 15) is 0 Å². The van der Waals surface area contributed by atoms with E-state index in [1.165, 1.54) is 0 Å². The van der Waals surface area contributed by atoms with E-state index < -0.39 is 0 Å². The number of aliphatic hydroxyl groups is 1. The lowest BCUT2D eigenvalue weighted by Gasteiger charge is -1.97. The molecule has 0 aliphatic carbocycles. The van der Waals surface area contributed by atoms with Crippen LogP contribution in [0.5, 0.6) is 0 Å². The van der Waals surface area contributed by atoms with Gasteiger partial charge in [-0.1, -0.05) is 12.2 Å². The molecule has 0 fully saturated rings. The standard InChI is InChI=1S/C11H16N2O/c1-12-5-3-2-4-10-6-11(9-14)8-13-7-10/h2,4,6-8,12,14H,3,5,9H2,1H3. The van der Waals surface area contributed by atoms with Crippen molar-refractivity contribution in [3.8, 4) is 0 Å². The molecule has 76 valence electrons. The Morgan fingerprint density at radius 3 is 3.07 bits per heavy atom. The number of pyridine rings is 1. The first-order valence-electron chi connectivity index (χ1n) is 4.72. The minimum Gasteiger partial charge on any atom is -0.392 e. The van der Waals surface area contributed by atoms with E-state index in [0.717, 1.165) is 24.1 Å². The summed E-state index contributed by atoms with van der Waals surface area (Å²) in [6.07, 6.45) is 8.57. The van der Waals surface area contributed by atoms with Crippen LogP contribution in [0.25, 0.3) is 6.08 Å². The van der Waals surface area contributed by atoms with Gasteiger partial charge in [-0.05, 0) is 37.2 Å². The van der Waals surface area contributed by atoms with Crippen LogP contribution in [0, 0.1) is 0 Å². The first kappa shape index (κ1) is 10.9. The van der Waals surface area contributed by atoms with Crippen molar-refractivity contribution in [2.75, 3.05) is 13.6 Å². The minimum atomic E-state index is 0.0468. The highest BCUT2D eigenvalue weighted by Crippen LogP contribution is 2.04. The van der Waals surface area contributed by atoms with E-state index in [4.69, 9.17) is 5.11 Å². The fourth-order valence-corrected chi connectivity index (χ4v) is 1.13. The molecule has 0 atom stereocenters. The minimum absolute atomic E-state index is 0.0468. The van der Waals surface area contributed by atoms with Gasteiger partial charge in [-0.3, -0.25) is 4.98 Å². The van der Waals surface area contributed by atoms with Gasteiger partial charge < -0.3 is 10.4 Å². The molecule has 0 aromatic carbocycles. The Bertz CT molecular complexity index is 297. The average molecular weight is 192 g/mol. The summed E-state index contributed by atoms with van der Waals surface area (Å²) in [7, 11) is 1.93. The zero-order valence-corrected chi connectivity index (χ0v) is 8.40. The fraction of sp³-hybridized carbons (Fsp3) is 0.364. The second kappa shape index (κ2) is 6.29. The molecule has 0 amide bonds. The second-order valence-electron chi connectivity index (χ2n) is 3.08. The Morgan fingerprint density at radius 1 is 1.50 bits per heavy atom. The summed E-state index contributed by atoms with van der Waals surface area (Å²) in [5.41, 5.74) is 1.88. The van der Waals surface area contributed by atoms with Crippen LogP contribution in [0.4, 0.5) is 0 Å². The predicted molar refractivity (Wildman–Crippen MR) is 57.7 cm³/mol. The van der Waals surface area contributed by atoms with Crippen molar-refractivity contribution in [3.63, 3.8) is 0 Å². The third kappa shape index (κ3) is 3.68. The summed E-state index contributed by atoms with van der Waals surface area (Å²) in [6.45, 7) is 1.02. The highest BCUT2D eigenvalue weighted by molar-refractivity contribution is 5.48. The van der Waals surface area contributed by atoms with Gasteiger partial charge in [-0.15, -0.1) is 0 Å². The van der Waals surface area contributed by atoms with Gasteiger partial charge in [0.2, 0.25) is 0 Å². The predicted octanol–water partition coefficient (Wildman–Crippen LogP) is 1.20. The first-order valence-corrected chi connectivity index (χ1v) is 4.72. The van der Waals surface area contributed by atoms with Crippen LogP contribution in [0.15, 0.2) is 24.5 Å². The number of nitrogens with one attached hydrogen (secondary N) is 1. The number of nitrogens with zero attached hydrogens (tertiary/aromatic N) is 1. The number of hydrogen-bond acceptors (Lipinski definition) is 3. The molecule has 14 heavy (non-hydrogen) atoms. The molecule has 0 aliphatic heterocycles. The lowest BCUT2D eigenvalue weighted by atomic mass is 10.2. The maximum Gasteiger partial charge on any atom is 0.0697 e. The molecule has 0 bridgehead atoms. The van der Waals surface area contributed by atoms with Crippen LogP contribution >= 0.6 is 0 Å². The van der Waals surface area contributed by atoms with E-state index in [1.54, 1.807) is 12.4 Å². The molecule has 1 aromatic heterocycles. The van der Waals surface area contributed by atoms with Gasteiger partial charge in [0.25, 0.3) is 0 Å². The molecule has 0 spiro atoms. The van der Waals surface area contributed by atoms with Crippen LogP contribution in [0.1, 0.15) is 17.5 Å². The van der Waals surface area contributed by atoms with Gasteiger partial charge in [0.15, 0.2) is 0 Å². The lowest BCUT2D eigenvalue weighted by molar-refractivity contribution is 0.281. The van der Waals surface area contributed by atoms with E-state index >= 15 is 0 Å². The zero-order chi connectivity index (χ0) is 10.2. The maximum absolute atomic E-state index is 8.90. The van der Waals surface area contributed by atoms with Crippen LogP contribution < -0.4 is 5.32 Å². The number of aliphatic hydroxyl groups excluding tert-OH is 1. The Hall–Kier alpha value is -1.19. The average Bonchev–Trinajstić information content (AvgIpc) is 2.25. The molecule has 3 heteroatoms. The molecule has 0 radical (unpaired) electrons. The summed E-state index contributed by atoms with van der Waals surface area (Å²) < 4.78 is 0. The number of rotatable bonds is 5. The quantitative estimate of drug-likeness (QED) is 0.689. The van der Waals surface area contributed by atoms with Crippen LogP contribution in [0.3, 0.4) is 0 Å². The van der Waals surface area contributed by atoms with Crippen molar-refractivity contribution in [3.05, 3.63) is 35.7 Å². The number of aromatic nitrogens is 1. The normalized spacial score (nSPS) is 11.0. The summed E-state index contributed by atoms with van der Waals surface area (Å²) in [4.78, 5) is 4.03. The summed E-state index contributed by atoms with van der Waals surface area (Å²) >= 11 is 0. The Kier molecular flexibility index (Phi) is 4.89. The Balaban J connectivity index is 2.53. The van der Waals surface area contributed by atoms with Crippen LogP contribution in [-0.2, 0) is 6.61 Å². The summed E-state index contributed by atoms with van der Waals surface area (Å²) in [5.74, 6) is 0. The van der Waals surface area contributed by atoms with Gasteiger partial charge in [0.1, 0.15) is 0 Å². The monoisotopic (exact) mass is 192 g/mol. The van der Waals surface area contributed by atoms with Crippen molar-refractivity contribution in [1.29, 1.82) is 0 Å². The van der Waals surface area contributed by atoms with Crippen LogP contribution in [0.2, 0.25) is 0 Å². The van der Waals surface area contributed by atoms with Gasteiger partial charge in [0, 0.05) is 12.4 Å². The third-order valence-corrected chi connectivity index (χ3v) is 1.87. The molecular weight excluding hydrogens is 176 g/mol. The molecule has 1 aromatic rings. The molecule has 0 aliphatic rings. The lowest BCUT2D eigenvalue weighted by Crippen LogP contribution is -2.05. The molecule has 0 unspecified atom stereocenters. The summed E-state index contributed by atoms with van der Waals surface area (Å²) in [6, 6.07) is 1.93. The van der Waals surface area contributed by atoms with Crippen molar-refractivity contribution < 1.29 is 5.11 Å². The topological polar surface area (TPSA) is 45.2 Å². The SMILES string of the molecule is CNCCC=Cc1cncc(CO)c1. The molecule has 0 saturated heterocycles. The van der Waals surface area contributed by atoms with E-state index in [0.29, 0.717) is 0 Å². The maximum atomic E-state index is 8.90. The van der Waals surface area contributed by atoms with Gasteiger partial charge >= 0.3 is 0 Å². The smallest absolute Gasteiger partial charge is 0.0697 e. The Morgan fingerprint density at radius 2 is 2.36 bits per heavy atom. The fourth-order valence-electron chi connectivity index (χ4n) is 1.13. The van der Waals surface area contributed by atoms with Gasteiger partial charge in [-0.25, -0.2) is 0 Å². The second-order valence-corrected chi connectivity index (χ2v) is 3.08. The molecule has 3 nitrogen and oxygen atoms in total. The Labute approximate surface area is 84.5 Å². The third-order valence-electron chi connectivity index (χ3n) is 1.87. The van der Waals surface area contributed by atoms with E-state index in [1.807, 2.05) is 19.2 Å².